The molecule has 0 saturated carbocycles. The molecule has 0 bridgehead atoms. The van der Waals surface area contributed by atoms with Crippen molar-refractivity contribution >= 4 is 55.6 Å². The Hall–Kier alpha value is -2.39. The van der Waals surface area contributed by atoms with Crippen LogP contribution in [0.3, 0.4) is 0 Å². The molecule has 160 valence electrons. The molecular weight excluding hydrogens is 518 g/mol. The van der Waals surface area contributed by atoms with Crippen molar-refractivity contribution in [3.05, 3.63) is 50.9 Å². The lowest BCUT2D eigenvalue weighted by atomic mass is 10.1. The van der Waals surface area contributed by atoms with Crippen LogP contribution in [0.4, 0.5) is 5.69 Å². The van der Waals surface area contributed by atoms with Gasteiger partial charge in [-0.1, -0.05) is 19.1 Å². The van der Waals surface area contributed by atoms with Gasteiger partial charge in [0.1, 0.15) is 5.92 Å². The standard InChI is InChI=1S/C21H23Br2N3O4/c1-4-9-30-19-16(23)10-14(11-18(19)29-3)12-24-26-21(28)13(2)20(27)25-17-8-6-5-7-15(17)22/h5-8,10-13H,4,9H2,1-3H3,(H,25,27)(H,26,28). The lowest BCUT2D eigenvalue weighted by Crippen LogP contribution is -2.34. The van der Waals surface area contributed by atoms with Gasteiger partial charge in [0.05, 0.1) is 30.1 Å². The van der Waals surface area contributed by atoms with E-state index in [0.29, 0.717) is 33.8 Å². The van der Waals surface area contributed by atoms with E-state index in [1.807, 2.05) is 13.0 Å². The predicted octanol–water partition coefficient (Wildman–Crippen LogP) is 4.73. The highest BCUT2D eigenvalue weighted by Gasteiger charge is 2.21. The second-order valence-corrected chi connectivity index (χ2v) is 8.02. The van der Waals surface area contributed by atoms with E-state index < -0.39 is 17.7 Å². The molecule has 2 N–H and O–H groups in total. The van der Waals surface area contributed by atoms with Crippen molar-refractivity contribution in [3.8, 4) is 11.5 Å². The number of halogens is 2. The highest BCUT2D eigenvalue weighted by Crippen LogP contribution is 2.36. The lowest BCUT2D eigenvalue weighted by Gasteiger charge is -2.13. The molecule has 0 aliphatic carbocycles. The summed E-state index contributed by atoms with van der Waals surface area (Å²) in [5.74, 6) is -0.730. The molecule has 0 saturated heterocycles. The zero-order chi connectivity index (χ0) is 22.1. The van der Waals surface area contributed by atoms with Crippen LogP contribution in [0.25, 0.3) is 0 Å². The SMILES string of the molecule is CCCOc1c(Br)cc(C=NNC(=O)C(C)C(=O)Nc2ccccc2Br)cc1OC. The maximum Gasteiger partial charge on any atom is 0.252 e. The van der Waals surface area contributed by atoms with Crippen LogP contribution in [0.5, 0.6) is 11.5 Å². The van der Waals surface area contributed by atoms with Crippen molar-refractivity contribution in [2.45, 2.75) is 20.3 Å². The lowest BCUT2D eigenvalue weighted by molar-refractivity contribution is -0.131. The molecule has 2 rings (SSSR count). The van der Waals surface area contributed by atoms with Gasteiger partial charge in [0.2, 0.25) is 5.91 Å². The third kappa shape index (κ3) is 6.56. The van der Waals surface area contributed by atoms with Gasteiger partial charge in [-0.3, -0.25) is 9.59 Å². The number of ether oxygens (including phenoxy) is 2. The molecule has 0 aliphatic heterocycles. The number of hydrogen-bond acceptors (Lipinski definition) is 5. The van der Waals surface area contributed by atoms with Gasteiger partial charge >= 0.3 is 0 Å². The summed E-state index contributed by atoms with van der Waals surface area (Å²) in [6.07, 6.45) is 2.34. The van der Waals surface area contributed by atoms with Gasteiger partial charge < -0.3 is 14.8 Å². The number of nitrogens with one attached hydrogen (secondary N) is 2. The summed E-state index contributed by atoms with van der Waals surface area (Å²) in [5.41, 5.74) is 3.67. The number of carbonyl (C=O) groups is 2. The molecule has 30 heavy (non-hydrogen) atoms. The number of methoxy groups -OCH3 is 1. The van der Waals surface area contributed by atoms with Crippen LogP contribution in [-0.4, -0.2) is 31.7 Å². The summed E-state index contributed by atoms with van der Waals surface area (Å²) < 4.78 is 12.5. The van der Waals surface area contributed by atoms with Crippen molar-refractivity contribution in [1.29, 1.82) is 0 Å². The Morgan fingerprint density at radius 1 is 1.17 bits per heavy atom. The van der Waals surface area contributed by atoms with Crippen LogP contribution < -0.4 is 20.2 Å². The highest BCUT2D eigenvalue weighted by molar-refractivity contribution is 9.11. The quantitative estimate of drug-likeness (QED) is 0.273. The van der Waals surface area contributed by atoms with Crippen LogP contribution in [-0.2, 0) is 9.59 Å². The maximum absolute atomic E-state index is 12.3. The van der Waals surface area contributed by atoms with E-state index in [2.05, 4.69) is 47.7 Å². The number of amides is 2. The van der Waals surface area contributed by atoms with Crippen molar-refractivity contribution in [2.75, 3.05) is 19.0 Å². The molecule has 0 fully saturated rings. The van der Waals surface area contributed by atoms with Gasteiger partial charge in [-0.25, -0.2) is 5.43 Å². The van der Waals surface area contributed by atoms with Crippen molar-refractivity contribution in [3.63, 3.8) is 0 Å². The van der Waals surface area contributed by atoms with Gasteiger partial charge in [0.15, 0.2) is 11.5 Å². The Labute approximate surface area is 192 Å². The Balaban J connectivity index is 2.00. The van der Waals surface area contributed by atoms with Gasteiger partial charge in [-0.05, 0) is 75.0 Å². The first-order valence-corrected chi connectivity index (χ1v) is 10.8. The van der Waals surface area contributed by atoms with E-state index >= 15 is 0 Å². The average molecular weight is 541 g/mol. The smallest absolute Gasteiger partial charge is 0.252 e. The van der Waals surface area contributed by atoms with Gasteiger partial charge in [-0.2, -0.15) is 5.10 Å². The predicted molar refractivity (Wildman–Crippen MR) is 124 cm³/mol. The highest BCUT2D eigenvalue weighted by atomic mass is 79.9. The number of rotatable bonds is 9. The largest absolute Gasteiger partial charge is 0.493 e. The fourth-order valence-corrected chi connectivity index (χ4v) is 3.31. The number of hydrazone groups is 1. The molecular formula is C21H23Br2N3O4. The van der Waals surface area contributed by atoms with Crippen LogP contribution in [0.2, 0.25) is 0 Å². The monoisotopic (exact) mass is 539 g/mol. The van der Waals surface area contributed by atoms with Crippen molar-refractivity contribution in [1.82, 2.24) is 5.43 Å². The van der Waals surface area contributed by atoms with Crippen LogP contribution >= 0.6 is 31.9 Å². The summed E-state index contributed by atoms with van der Waals surface area (Å²) in [5, 5.41) is 6.66. The molecule has 7 nitrogen and oxygen atoms in total. The average Bonchev–Trinajstić information content (AvgIpc) is 2.73. The van der Waals surface area contributed by atoms with Crippen LogP contribution in [0, 0.1) is 5.92 Å². The zero-order valence-corrected chi connectivity index (χ0v) is 20.0. The van der Waals surface area contributed by atoms with Gasteiger partial charge in [0.25, 0.3) is 5.91 Å². The first kappa shape index (κ1) is 23.9. The van der Waals surface area contributed by atoms with Crippen molar-refractivity contribution in [2.24, 2.45) is 11.0 Å². The molecule has 2 aromatic rings. The molecule has 2 aromatic carbocycles. The van der Waals surface area contributed by atoms with E-state index in [-0.39, 0.29) is 0 Å². The molecule has 1 atom stereocenters. The molecule has 0 aromatic heterocycles. The first-order chi connectivity index (χ1) is 14.4. The molecule has 0 spiro atoms. The summed E-state index contributed by atoms with van der Waals surface area (Å²) in [4.78, 5) is 24.6. The van der Waals surface area contributed by atoms with Crippen LogP contribution in [0.15, 0.2) is 50.4 Å². The topological polar surface area (TPSA) is 89.0 Å². The minimum Gasteiger partial charge on any atom is -0.493 e. The number of carbonyl (C=O) groups excluding carboxylic acids is 2. The van der Waals surface area contributed by atoms with Crippen molar-refractivity contribution < 1.29 is 19.1 Å². The molecule has 0 radical (unpaired) electrons. The second-order valence-electron chi connectivity index (χ2n) is 6.31. The molecule has 0 heterocycles. The summed E-state index contributed by atoms with van der Waals surface area (Å²) in [6.45, 7) is 4.10. The number of benzene rings is 2. The Kier molecular flexibility index (Phi) is 9.32. The normalized spacial score (nSPS) is 11.8. The number of anilines is 1. The zero-order valence-electron chi connectivity index (χ0n) is 16.9. The number of nitrogens with zero attached hydrogens (tertiary/aromatic N) is 1. The van der Waals surface area contributed by atoms with E-state index in [1.165, 1.54) is 13.1 Å². The summed E-state index contributed by atoms with van der Waals surface area (Å²) >= 11 is 6.81. The van der Waals surface area contributed by atoms with Gasteiger partial charge in [0, 0.05) is 4.47 Å². The fraction of sp³-hybridized carbons (Fsp3) is 0.286. The minimum atomic E-state index is -0.930. The Morgan fingerprint density at radius 3 is 2.57 bits per heavy atom. The van der Waals surface area contributed by atoms with E-state index in [0.717, 1.165) is 10.9 Å². The minimum absolute atomic E-state index is 0.434. The van der Waals surface area contributed by atoms with Crippen LogP contribution in [0.1, 0.15) is 25.8 Å². The second kappa shape index (κ2) is 11.7. The third-order valence-corrected chi connectivity index (χ3v) is 5.29. The van der Waals surface area contributed by atoms with E-state index in [9.17, 15) is 9.59 Å². The maximum atomic E-state index is 12.3. The number of para-hydroxylation sites is 1. The Morgan fingerprint density at radius 2 is 1.90 bits per heavy atom. The molecule has 1 unspecified atom stereocenters. The molecule has 0 aliphatic rings. The van der Waals surface area contributed by atoms with E-state index in [1.54, 1.807) is 37.4 Å². The molecule has 9 heteroatoms. The summed E-state index contributed by atoms with van der Waals surface area (Å²) in [6, 6.07) is 10.7. The Bertz CT molecular complexity index is 934. The summed E-state index contributed by atoms with van der Waals surface area (Å²) in [7, 11) is 1.55. The van der Waals surface area contributed by atoms with E-state index in [4.69, 9.17) is 9.47 Å². The fourth-order valence-electron chi connectivity index (χ4n) is 2.35. The molecule has 2 amide bonds. The number of hydrogen-bond donors (Lipinski definition) is 2. The third-order valence-electron chi connectivity index (χ3n) is 4.01. The first-order valence-electron chi connectivity index (χ1n) is 9.26. The van der Waals surface area contributed by atoms with Gasteiger partial charge in [-0.15, -0.1) is 0 Å².